The molecule has 0 bridgehead atoms. The quantitative estimate of drug-likeness (QED) is 0.761. The van der Waals surface area contributed by atoms with Crippen LogP contribution >= 0.6 is 15.9 Å². The first-order chi connectivity index (χ1) is 11.0. The van der Waals surface area contributed by atoms with Gasteiger partial charge in [-0.15, -0.1) is 0 Å². The molecule has 1 aliphatic rings. The highest BCUT2D eigenvalue weighted by atomic mass is 79.9. The second-order valence-corrected chi connectivity index (χ2v) is 5.98. The first-order valence-electron chi connectivity index (χ1n) is 7.27. The average Bonchev–Trinajstić information content (AvgIpc) is 3.08. The molecule has 0 saturated heterocycles. The van der Waals surface area contributed by atoms with Gasteiger partial charge in [-0.05, 0) is 35.0 Å². The Balaban J connectivity index is 1.87. The predicted molar refractivity (Wildman–Crippen MR) is 84.0 cm³/mol. The van der Waals surface area contributed by atoms with Crippen molar-refractivity contribution < 1.29 is 18.7 Å². The minimum absolute atomic E-state index is 0.208. The van der Waals surface area contributed by atoms with Crippen molar-refractivity contribution in [2.75, 3.05) is 13.2 Å². The number of aryl methyl sites for hydroxylation is 1. The standard InChI is InChI=1S/C15H16BrN3O4/c1-3-22-15(21)13-9-8-19(7-6-10(9)17-18(13)2)14(20)11-4-5-12(16)23-11/h4-5H,3,6-8H2,1-2H3. The maximum atomic E-state index is 12.5. The lowest BCUT2D eigenvalue weighted by molar-refractivity contribution is 0.0507. The number of hydrogen-bond donors (Lipinski definition) is 0. The number of carbonyl (C=O) groups is 2. The monoisotopic (exact) mass is 381 g/mol. The summed E-state index contributed by atoms with van der Waals surface area (Å²) in [5, 5.41) is 4.37. The molecule has 0 saturated carbocycles. The summed E-state index contributed by atoms with van der Waals surface area (Å²) in [5.74, 6) is -0.360. The van der Waals surface area contributed by atoms with Gasteiger partial charge in [0, 0.05) is 25.6 Å². The number of furan rings is 1. The van der Waals surface area contributed by atoms with Crippen LogP contribution in [-0.2, 0) is 24.8 Å². The van der Waals surface area contributed by atoms with Crippen LogP contribution in [0.5, 0.6) is 0 Å². The Bertz CT molecular complexity index is 765. The molecule has 1 amide bonds. The molecule has 0 spiro atoms. The molecule has 0 unspecified atom stereocenters. The average molecular weight is 382 g/mol. The van der Waals surface area contributed by atoms with Crippen molar-refractivity contribution in [3.05, 3.63) is 39.5 Å². The first kappa shape index (κ1) is 15.8. The van der Waals surface area contributed by atoms with Crippen molar-refractivity contribution in [1.29, 1.82) is 0 Å². The summed E-state index contributed by atoms with van der Waals surface area (Å²) in [6, 6.07) is 3.30. The topological polar surface area (TPSA) is 77.6 Å². The van der Waals surface area contributed by atoms with Crippen LogP contribution in [-0.4, -0.2) is 39.7 Å². The highest BCUT2D eigenvalue weighted by molar-refractivity contribution is 9.10. The summed E-state index contributed by atoms with van der Waals surface area (Å²) in [6.45, 7) is 2.89. The predicted octanol–water partition coefficient (Wildman–Crippen LogP) is 2.15. The lowest BCUT2D eigenvalue weighted by Gasteiger charge is -2.25. The number of ether oxygens (including phenoxy) is 1. The molecule has 0 fully saturated rings. The zero-order valence-corrected chi connectivity index (χ0v) is 14.4. The van der Waals surface area contributed by atoms with Crippen molar-refractivity contribution in [3.8, 4) is 0 Å². The third-order valence-electron chi connectivity index (χ3n) is 3.74. The van der Waals surface area contributed by atoms with Crippen molar-refractivity contribution in [2.24, 2.45) is 7.05 Å². The second kappa shape index (κ2) is 6.19. The van der Waals surface area contributed by atoms with E-state index in [1.54, 1.807) is 31.0 Å². The smallest absolute Gasteiger partial charge is 0.356 e. The van der Waals surface area contributed by atoms with Crippen LogP contribution in [0.2, 0.25) is 0 Å². The lowest BCUT2D eigenvalue weighted by atomic mass is 10.0. The molecule has 3 rings (SSSR count). The Morgan fingerprint density at radius 1 is 1.43 bits per heavy atom. The molecule has 0 atom stereocenters. The third-order valence-corrected chi connectivity index (χ3v) is 4.16. The van der Waals surface area contributed by atoms with Crippen LogP contribution in [0.4, 0.5) is 0 Å². The van der Waals surface area contributed by atoms with Gasteiger partial charge in [0.25, 0.3) is 5.91 Å². The van der Waals surface area contributed by atoms with Crippen LogP contribution in [0.1, 0.15) is 39.2 Å². The van der Waals surface area contributed by atoms with E-state index in [9.17, 15) is 9.59 Å². The fourth-order valence-corrected chi connectivity index (χ4v) is 3.02. The Hall–Kier alpha value is -2.09. The molecule has 2 aromatic heterocycles. The molecule has 23 heavy (non-hydrogen) atoms. The summed E-state index contributed by atoms with van der Waals surface area (Å²) in [4.78, 5) is 26.3. The molecule has 8 heteroatoms. The number of esters is 1. The Morgan fingerprint density at radius 2 is 2.22 bits per heavy atom. The second-order valence-electron chi connectivity index (χ2n) is 5.20. The van der Waals surface area contributed by atoms with Gasteiger partial charge < -0.3 is 14.1 Å². The first-order valence-corrected chi connectivity index (χ1v) is 8.07. The number of aromatic nitrogens is 2. The van der Waals surface area contributed by atoms with E-state index < -0.39 is 5.97 Å². The SMILES string of the molecule is CCOC(=O)c1c2c(nn1C)CCN(C(=O)c1ccc(Br)o1)C2. The van der Waals surface area contributed by atoms with E-state index in [4.69, 9.17) is 9.15 Å². The lowest BCUT2D eigenvalue weighted by Crippen LogP contribution is -2.36. The highest BCUT2D eigenvalue weighted by Crippen LogP contribution is 2.25. The van der Waals surface area contributed by atoms with Crippen LogP contribution in [0, 0.1) is 0 Å². The maximum Gasteiger partial charge on any atom is 0.356 e. The number of nitrogens with zero attached hydrogens (tertiary/aromatic N) is 3. The molecule has 122 valence electrons. The van der Waals surface area contributed by atoms with Crippen molar-refractivity contribution >= 4 is 27.8 Å². The highest BCUT2D eigenvalue weighted by Gasteiger charge is 2.31. The number of rotatable bonds is 3. The number of hydrogen-bond acceptors (Lipinski definition) is 5. The molecule has 0 aromatic carbocycles. The summed E-state index contributed by atoms with van der Waals surface area (Å²) < 4.78 is 12.4. The van der Waals surface area contributed by atoms with Gasteiger partial charge in [0.05, 0.1) is 18.8 Å². The van der Waals surface area contributed by atoms with Crippen LogP contribution in [0.25, 0.3) is 0 Å². The Labute approximate surface area is 141 Å². The summed E-state index contributed by atoms with van der Waals surface area (Å²) in [7, 11) is 1.71. The van der Waals surface area contributed by atoms with Gasteiger partial charge in [0.2, 0.25) is 0 Å². The van der Waals surface area contributed by atoms with E-state index in [0.29, 0.717) is 36.5 Å². The maximum absolute atomic E-state index is 12.5. The molecule has 0 N–H and O–H groups in total. The van der Waals surface area contributed by atoms with E-state index in [0.717, 1.165) is 11.3 Å². The van der Waals surface area contributed by atoms with E-state index in [1.165, 1.54) is 4.68 Å². The van der Waals surface area contributed by atoms with Crippen LogP contribution < -0.4 is 0 Å². The third kappa shape index (κ3) is 2.90. The van der Waals surface area contributed by atoms with Gasteiger partial charge in [-0.2, -0.15) is 5.10 Å². The van der Waals surface area contributed by atoms with E-state index in [-0.39, 0.29) is 11.7 Å². The van der Waals surface area contributed by atoms with Crippen LogP contribution in [0.15, 0.2) is 21.2 Å². The number of amides is 1. The number of fused-ring (bicyclic) bond motifs is 1. The fourth-order valence-electron chi connectivity index (χ4n) is 2.71. The molecular formula is C15H16BrN3O4. The minimum Gasteiger partial charge on any atom is -0.461 e. The normalized spacial score (nSPS) is 13.8. The zero-order chi connectivity index (χ0) is 16.6. The molecule has 0 aliphatic carbocycles. The van der Waals surface area contributed by atoms with E-state index >= 15 is 0 Å². The molecule has 0 radical (unpaired) electrons. The van der Waals surface area contributed by atoms with Crippen molar-refractivity contribution in [1.82, 2.24) is 14.7 Å². The van der Waals surface area contributed by atoms with Crippen molar-refractivity contribution in [3.63, 3.8) is 0 Å². The summed E-state index contributed by atoms with van der Waals surface area (Å²) in [5.41, 5.74) is 1.98. The summed E-state index contributed by atoms with van der Waals surface area (Å²) >= 11 is 3.19. The molecule has 7 nitrogen and oxygen atoms in total. The number of carbonyl (C=O) groups excluding carboxylic acids is 2. The van der Waals surface area contributed by atoms with Crippen LogP contribution in [0.3, 0.4) is 0 Å². The molecule has 1 aliphatic heterocycles. The Morgan fingerprint density at radius 3 is 2.87 bits per heavy atom. The molecule has 2 aromatic rings. The molecule has 3 heterocycles. The van der Waals surface area contributed by atoms with Gasteiger partial charge in [0.1, 0.15) is 0 Å². The fraction of sp³-hybridized carbons (Fsp3) is 0.400. The molecular weight excluding hydrogens is 366 g/mol. The van der Waals surface area contributed by atoms with Crippen molar-refractivity contribution in [2.45, 2.75) is 19.9 Å². The van der Waals surface area contributed by atoms with Gasteiger partial charge >= 0.3 is 5.97 Å². The summed E-state index contributed by atoms with van der Waals surface area (Å²) in [6.07, 6.45) is 0.593. The Kier molecular flexibility index (Phi) is 4.25. The van der Waals surface area contributed by atoms with Gasteiger partial charge in [-0.3, -0.25) is 9.48 Å². The van der Waals surface area contributed by atoms with E-state index in [2.05, 4.69) is 21.0 Å². The minimum atomic E-state index is -0.418. The number of halogens is 1. The largest absolute Gasteiger partial charge is 0.461 e. The van der Waals surface area contributed by atoms with E-state index in [1.807, 2.05) is 0 Å². The van der Waals surface area contributed by atoms with Gasteiger partial charge in [0.15, 0.2) is 16.1 Å². The zero-order valence-electron chi connectivity index (χ0n) is 12.8. The van der Waals surface area contributed by atoms with Gasteiger partial charge in [-0.25, -0.2) is 4.79 Å². The van der Waals surface area contributed by atoms with Gasteiger partial charge in [-0.1, -0.05) is 0 Å².